The highest BCUT2D eigenvalue weighted by atomic mass is 79.9. The second kappa shape index (κ2) is 6.62. The summed E-state index contributed by atoms with van der Waals surface area (Å²) >= 11 is 7.81. The molecule has 1 spiro atoms. The van der Waals surface area contributed by atoms with E-state index < -0.39 is 0 Å². The highest BCUT2D eigenvalue weighted by Crippen LogP contribution is 2.67. The van der Waals surface area contributed by atoms with Crippen LogP contribution in [0.5, 0.6) is 0 Å². The first-order chi connectivity index (χ1) is 16.7. The first-order valence-corrected chi connectivity index (χ1v) is 13.2. The van der Waals surface area contributed by atoms with E-state index in [1.54, 1.807) is 0 Å². The predicted molar refractivity (Wildman–Crippen MR) is 145 cm³/mol. The molecule has 0 bridgehead atoms. The van der Waals surface area contributed by atoms with Crippen molar-refractivity contribution < 1.29 is 4.42 Å². The molecule has 5 aromatic rings. The molecule has 0 fully saturated rings. The standard InChI is InChI=1S/C31H18Br2O/c32-17-13-14-21-25(15-17)31(23-10-4-1-7-18(23)19-8-2-5-11-24(19)31)26-16-22-20-9-3-6-12-27(20)34-30(22)29(33)28(21)26/h1-16,18,23H. The Morgan fingerprint density at radius 1 is 0.735 bits per heavy atom. The number of hydrogen-bond donors (Lipinski definition) is 0. The number of allylic oxidation sites excluding steroid dienone is 4. The summed E-state index contributed by atoms with van der Waals surface area (Å²) in [5.41, 5.74) is 9.72. The quantitative estimate of drug-likeness (QED) is 0.182. The zero-order valence-electron chi connectivity index (χ0n) is 18.1. The fraction of sp³-hybridized carbons (Fsp3) is 0.0968. The van der Waals surface area contributed by atoms with Gasteiger partial charge in [0.15, 0.2) is 0 Å². The van der Waals surface area contributed by atoms with Gasteiger partial charge < -0.3 is 4.42 Å². The number of rotatable bonds is 0. The van der Waals surface area contributed by atoms with Crippen molar-refractivity contribution in [1.29, 1.82) is 0 Å². The van der Waals surface area contributed by atoms with Gasteiger partial charge >= 0.3 is 0 Å². The van der Waals surface area contributed by atoms with Gasteiger partial charge in [-0.2, -0.15) is 0 Å². The summed E-state index contributed by atoms with van der Waals surface area (Å²) in [6.07, 6.45) is 9.24. The molecule has 0 saturated carbocycles. The van der Waals surface area contributed by atoms with Gasteiger partial charge in [0.25, 0.3) is 0 Å². The van der Waals surface area contributed by atoms with Gasteiger partial charge in [0.2, 0.25) is 0 Å². The van der Waals surface area contributed by atoms with Crippen LogP contribution in [0, 0.1) is 5.92 Å². The number of hydrogen-bond acceptors (Lipinski definition) is 1. The van der Waals surface area contributed by atoms with Crippen molar-refractivity contribution in [2.24, 2.45) is 5.92 Å². The Balaban J connectivity index is 1.60. The Morgan fingerprint density at radius 2 is 1.56 bits per heavy atom. The minimum absolute atomic E-state index is 0.258. The molecule has 0 amide bonds. The largest absolute Gasteiger partial charge is 0.455 e. The van der Waals surface area contributed by atoms with Crippen LogP contribution in [-0.4, -0.2) is 0 Å². The SMILES string of the molecule is Brc1ccc2c(c1)C1(c3ccccc3C3C=CC=CC31)c1cc3c(oc4ccccc43)c(Br)c1-2. The Morgan fingerprint density at radius 3 is 2.50 bits per heavy atom. The van der Waals surface area contributed by atoms with Crippen LogP contribution >= 0.6 is 31.9 Å². The molecule has 3 heteroatoms. The van der Waals surface area contributed by atoms with Crippen LogP contribution in [0.4, 0.5) is 0 Å². The van der Waals surface area contributed by atoms with Gasteiger partial charge in [-0.25, -0.2) is 0 Å². The minimum atomic E-state index is -0.258. The van der Waals surface area contributed by atoms with E-state index in [0.717, 1.165) is 25.5 Å². The minimum Gasteiger partial charge on any atom is -0.455 e. The van der Waals surface area contributed by atoms with E-state index in [2.05, 4.69) is 123 Å². The zero-order chi connectivity index (χ0) is 22.6. The van der Waals surface area contributed by atoms with E-state index in [9.17, 15) is 0 Å². The molecule has 8 rings (SSSR count). The van der Waals surface area contributed by atoms with E-state index >= 15 is 0 Å². The van der Waals surface area contributed by atoms with Crippen molar-refractivity contribution >= 4 is 53.8 Å². The molecule has 3 aliphatic carbocycles. The smallest absolute Gasteiger partial charge is 0.150 e. The summed E-state index contributed by atoms with van der Waals surface area (Å²) in [6.45, 7) is 0. The molecule has 3 atom stereocenters. The van der Waals surface area contributed by atoms with Gasteiger partial charge in [-0.3, -0.25) is 0 Å². The van der Waals surface area contributed by atoms with Crippen LogP contribution in [0.3, 0.4) is 0 Å². The molecular weight excluding hydrogens is 548 g/mol. The van der Waals surface area contributed by atoms with Gasteiger partial charge in [-0.05, 0) is 68.0 Å². The number of furan rings is 1. The highest BCUT2D eigenvalue weighted by Gasteiger charge is 2.57. The predicted octanol–water partition coefficient (Wildman–Crippen LogP) is 9.27. The maximum Gasteiger partial charge on any atom is 0.150 e. The summed E-state index contributed by atoms with van der Waals surface area (Å²) < 4.78 is 8.55. The molecule has 3 aliphatic rings. The summed E-state index contributed by atoms with van der Waals surface area (Å²) in [5.74, 6) is 0.668. The number of halogens is 2. The molecule has 1 heterocycles. The van der Waals surface area contributed by atoms with E-state index in [1.165, 1.54) is 38.8 Å². The summed E-state index contributed by atoms with van der Waals surface area (Å²) in [5, 5.41) is 2.33. The van der Waals surface area contributed by atoms with Crippen LogP contribution in [0.1, 0.15) is 28.2 Å². The molecular formula is C31H18Br2O. The van der Waals surface area contributed by atoms with Crippen molar-refractivity contribution in [2.75, 3.05) is 0 Å². The molecule has 1 nitrogen and oxygen atoms in total. The maximum atomic E-state index is 6.39. The van der Waals surface area contributed by atoms with E-state index in [0.29, 0.717) is 11.8 Å². The average Bonchev–Trinajstić information content (AvgIpc) is 3.48. The fourth-order valence-corrected chi connectivity index (χ4v) is 7.98. The monoisotopic (exact) mass is 564 g/mol. The second-order valence-corrected chi connectivity index (χ2v) is 11.2. The lowest BCUT2D eigenvalue weighted by Gasteiger charge is -2.36. The van der Waals surface area contributed by atoms with Gasteiger partial charge in [-0.1, -0.05) is 88.8 Å². The molecule has 1 aromatic heterocycles. The Bertz CT molecular complexity index is 1750. The number of fused-ring (bicyclic) bond motifs is 13. The fourth-order valence-electron chi connectivity index (χ4n) is 6.89. The third-order valence-electron chi connectivity index (χ3n) is 8.09. The van der Waals surface area contributed by atoms with Crippen LogP contribution in [0.2, 0.25) is 0 Å². The topological polar surface area (TPSA) is 13.1 Å². The second-order valence-electron chi connectivity index (χ2n) is 9.49. The van der Waals surface area contributed by atoms with Gasteiger partial charge in [0, 0.05) is 32.6 Å². The van der Waals surface area contributed by atoms with Gasteiger partial charge in [0.05, 0.1) is 9.89 Å². The van der Waals surface area contributed by atoms with E-state index in [-0.39, 0.29) is 5.41 Å². The van der Waals surface area contributed by atoms with Crippen molar-refractivity contribution in [3.8, 4) is 11.1 Å². The summed E-state index contributed by atoms with van der Waals surface area (Å²) in [7, 11) is 0. The molecule has 4 aromatic carbocycles. The zero-order valence-corrected chi connectivity index (χ0v) is 21.2. The molecule has 0 N–H and O–H groups in total. The molecule has 162 valence electrons. The normalized spacial score (nSPS) is 23.5. The first-order valence-electron chi connectivity index (χ1n) is 11.6. The van der Waals surface area contributed by atoms with Crippen LogP contribution in [0.25, 0.3) is 33.1 Å². The molecule has 3 unspecified atom stereocenters. The molecule has 0 aliphatic heterocycles. The van der Waals surface area contributed by atoms with Crippen LogP contribution < -0.4 is 0 Å². The Kier molecular flexibility index (Phi) is 3.78. The summed E-state index contributed by atoms with van der Waals surface area (Å²) in [4.78, 5) is 0. The molecule has 34 heavy (non-hydrogen) atoms. The van der Waals surface area contributed by atoms with Crippen molar-refractivity contribution in [2.45, 2.75) is 11.3 Å². The van der Waals surface area contributed by atoms with Gasteiger partial charge in [0.1, 0.15) is 11.2 Å². The average molecular weight is 566 g/mol. The summed E-state index contributed by atoms with van der Waals surface area (Å²) in [6, 6.07) is 26.6. The van der Waals surface area contributed by atoms with E-state index in [4.69, 9.17) is 4.42 Å². The van der Waals surface area contributed by atoms with E-state index in [1.807, 2.05) is 6.07 Å². The van der Waals surface area contributed by atoms with Gasteiger partial charge in [-0.15, -0.1) is 0 Å². The lowest BCUT2D eigenvalue weighted by molar-refractivity contribution is 0.465. The Hall–Kier alpha value is -2.88. The van der Waals surface area contributed by atoms with Crippen LogP contribution in [0.15, 0.2) is 110 Å². The lowest BCUT2D eigenvalue weighted by Crippen LogP contribution is -2.33. The number of para-hydroxylation sites is 1. The third-order valence-corrected chi connectivity index (χ3v) is 9.34. The first kappa shape index (κ1) is 19.4. The maximum absolute atomic E-state index is 6.39. The van der Waals surface area contributed by atoms with Crippen molar-refractivity contribution in [3.05, 3.63) is 128 Å². The lowest BCUT2D eigenvalue weighted by atomic mass is 9.65. The molecule has 0 radical (unpaired) electrons. The molecule has 0 saturated heterocycles. The number of benzene rings is 4. The van der Waals surface area contributed by atoms with Crippen molar-refractivity contribution in [3.63, 3.8) is 0 Å². The Labute approximate surface area is 214 Å². The van der Waals surface area contributed by atoms with Crippen molar-refractivity contribution in [1.82, 2.24) is 0 Å². The highest BCUT2D eigenvalue weighted by molar-refractivity contribution is 9.11. The van der Waals surface area contributed by atoms with Crippen LogP contribution in [-0.2, 0) is 5.41 Å². The third kappa shape index (κ3) is 2.17.